The predicted molar refractivity (Wildman–Crippen MR) is 112 cm³/mol. The van der Waals surface area contributed by atoms with Crippen LogP contribution in [0.3, 0.4) is 0 Å². The average Bonchev–Trinajstić information content (AvgIpc) is 2.77. The molecule has 1 saturated heterocycles. The van der Waals surface area contributed by atoms with Crippen LogP contribution in [0, 0.1) is 5.92 Å². The molecule has 2 aromatic carbocycles. The van der Waals surface area contributed by atoms with Crippen molar-refractivity contribution >= 4 is 22.9 Å². The number of amides is 1. The van der Waals surface area contributed by atoms with E-state index in [9.17, 15) is 4.79 Å². The number of hydrogen-bond acceptors (Lipinski definition) is 3. The number of carbonyl (C=O) groups is 1. The lowest BCUT2D eigenvalue weighted by Gasteiger charge is -2.32. The number of hydrogen-bond donors (Lipinski definition) is 0. The van der Waals surface area contributed by atoms with Gasteiger partial charge in [0.05, 0.1) is 12.1 Å². The van der Waals surface area contributed by atoms with Crippen molar-refractivity contribution in [3.8, 4) is 5.75 Å². The minimum absolute atomic E-state index is 0.0605. The Morgan fingerprint density at radius 2 is 1.93 bits per heavy atom. The Bertz CT molecular complexity index is 963. The molecule has 142 valence electrons. The second kappa shape index (κ2) is 8.70. The molecule has 3 aromatic rings. The van der Waals surface area contributed by atoms with Crippen molar-refractivity contribution in [3.05, 3.63) is 78.5 Å². The Kier molecular flexibility index (Phi) is 5.66. The summed E-state index contributed by atoms with van der Waals surface area (Å²) in [7, 11) is 0. The highest BCUT2D eigenvalue weighted by molar-refractivity contribution is 5.95. The van der Waals surface area contributed by atoms with Gasteiger partial charge in [-0.1, -0.05) is 36.4 Å². The van der Waals surface area contributed by atoms with Crippen LogP contribution >= 0.6 is 0 Å². The van der Waals surface area contributed by atoms with Gasteiger partial charge in [0.25, 0.3) is 0 Å². The normalized spacial score (nSPS) is 17.1. The molecule has 0 saturated carbocycles. The third kappa shape index (κ3) is 4.39. The van der Waals surface area contributed by atoms with Crippen molar-refractivity contribution in [2.75, 3.05) is 19.7 Å². The average molecular weight is 372 g/mol. The van der Waals surface area contributed by atoms with Gasteiger partial charge in [-0.3, -0.25) is 9.78 Å². The van der Waals surface area contributed by atoms with Crippen LogP contribution in [0.2, 0.25) is 0 Å². The highest BCUT2D eigenvalue weighted by atomic mass is 16.5. The number of piperidine rings is 1. The van der Waals surface area contributed by atoms with E-state index < -0.39 is 0 Å². The van der Waals surface area contributed by atoms with Gasteiger partial charge in [0.1, 0.15) is 5.75 Å². The molecule has 4 heteroatoms. The SMILES string of the molecule is O=C(/C=C/c1ccnc2ccccc12)N1CCCC(COc2ccccc2)C1. The number of nitrogens with zero attached hydrogens (tertiary/aromatic N) is 2. The van der Waals surface area contributed by atoms with E-state index in [4.69, 9.17) is 4.74 Å². The first-order valence-electron chi connectivity index (χ1n) is 9.78. The number of rotatable bonds is 5. The van der Waals surface area contributed by atoms with Gasteiger partial charge < -0.3 is 9.64 Å². The van der Waals surface area contributed by atoms with E-state index in [2.05, 4.69) is 4.98 Å². The van der Waals surface area contributed by atoms with Crippen molar-refractivity contribution in [1.82, 2.24) is 9.88 Å². The van der Waals surface area contributed by atoms with Crippen LogP contribution in [0.4, 0.5) is 0 Å². The molecule has 1 fully saturated rings. The maximum atomic E-state index is 12.7. The highest BCUT2D eigenvalue weighted by Crippen LogP contribution is 2.20. The molecular formula is C24H24N2O2. The number of likely N-dealkylation sites (tertiary alicyclic amines) is 1. The predicted octanol–water partition coefficient (Wildman–Crippen LogP) is 4.57. The van der Waals surface area contributed by atoms with E-state index in [1.165, 1.54) is 0 Å². The Hall–Kier alpha value is -3.14. The van der Waals surface area contributed by atoms with Gasteiger partial charge in [-0.15, -0.1) is 0 Å². The second-order valence-corrected chi connectivity index (χ2v) is 7.17. The molecular weight excluding hydrogens is 348 g/mol. The molecule has 1 amide bonds. The van der Waals surface area contributed by atoms with Crippen LogP contribution in [-0.2, 0) is 4.79 Å². The van der Waals surface area contributed by atoms with Crippen LogP contribution in [0.25, 0.3) is 17.0 Å². The number of benzene rings is 2. The van der Waals surface area contributed by atoms with E-state index in [0.29, 0.717) is 12.5 Å². The van der Waals surface area contributed by atoms with E-state index >= 15 is 0 Å². The van der Waals surface area contributed by atoms with Gasteiger partial charge in [0.15, 0.2) is 0 Å². The second-order valence-electron chi connectivity index (χ2n) is 7.17. The Morgan fingerprint density at radius 1 is 1.11 bits per heavy atom. The summed E-state index contributed by atoms with van der Waals surface area (Å²) in [5.41, 5.74) is 1.95. The summed E-state index contributed by atoms with van der Waals surface area (Å²) in [5.74, 6) is 1.31. The van der Waals surface area contributed by atoms with Gasteiger partial charge >= 0.3 is 0 Å². The molecule has 0 aliphatic carbocycles. The number of fused-ring (bicyclic) bond motifs is 1. The van der Waals surface area contributed by atoms with Crippen LogP contribution in [0.1, 0.15) is 18.4 Å². The van der Waals surface area contributed by atoms with Crippen LogP contribution in [-0.4, -0.2) is 35.5 Å². The molecule has 0 radical (unpaired) electrons. The minimum Gasteiger partial charge on any atom is -0.493 e. The maximum absolute atomic E-state index is 12.7. The molecule has 0 spiro atoms. The highest BCUT2D eigenvalue weighted by Gasteiger charge is 2.23. The fourth-order valence-electron chi connectivity index (χ4n) is 3.66. The third-order valence-electron chi connectivity index (χ3n) is 5.15. The first-order chi connectivity index (χ1) is 13.8. The van der Waals surface area contributed by atoms with Gasteiger partial charge in [-0.2, -0.15) is 0 Å². The zero-order valence-electron chi connectivity index (χ0n) is 15.8. The third-order valence-corrected chi connectivity index (χ3v) is 5.15. The van der Waals surface area contributed by atoms with Gasteiger partial charge in [-0.05, 0) is 48.7 Å². The van der Waals surface area contributed by atoms with Crippen molar-refractivity contribution < 1.29 is 9.53 Å². The lowest BCUT2D eigenvalue weighted by Crippen LogP contribution is -2.40. The number of carbonyl (C=O) groups excluding carboxylic acids is 1. The maximum Gasteiger partial charge on any atom is 0.246 e. The zero-order valence-corrected chi connectivity index (χ0v) is 15.8. The van der Waals surface area contributed by atoms with Crippen molar-refractivity contribution in [1.29, 1.82) is 0 Å². The number of aromatic nitrogens is 1. The van der Waals surface area contributed by atoms with Crippen molar-refractivity contribution in [3.63, 3.8) is 0 Å². The summed E-state index contributed by atoms with van der Waals surface area (Å²) in [5, 5.41) is 1.06. The lowest BCUT2D eigenvalue weighted by atomic mass is 9.99. The van der Waals surface area contributed by atoms with E-state index in [0.717, 1.165) is 48.1 Å². The number of para-hydroxylation sites is 2. The summed E-state index contributed by atoms with van der Waals surface area (Å²) >= 11 is 0. The molecule has 1 atom stereocenters. The van der Waals surface area contributed by atoms with E-state index in [-0.39, 0.29) is 5.91 Å². The largest absolute Gasteiger partial charge is 0.493 e. The van der Waals surface area contributed by atoms with Gasteiger partial charge in [-0.25, -0.2) is 0 Å². The molecule has 2 heterocycles. The molecule has 1 aliphatic heterocycles. The topological polar surface area (TPSA) is 42.4 Å². The minimum atomic E-state index is 0.0605. The summed E-state index contributed by atoms with van der Waals surface area (Å²) < 4.78 is 5.89. The molecule has 4 rings (SSSR count). The monoisotopic (exact) mass is 372 g/mol. The van der Waals surface area contributed by atoms with Crippen LogP contribution in [0.5, 0.6) is 5.75 Å². The summed E-state index contributed by atoms with van der Waals surface area (Å²) in [6.07, 6.45) is 7.47. The van der Waals surface area contributed by atoms with Crippen LogP contribution in [0.15, 0.2) is 72.9 Å². The standard InChI is InChI=1S/C24H24N2O2/c27-24(13-12-20-14-15-25-23-11-5-4-10-22(20)23)26-16-6-7-19(17-26)18-28-21-8-2-1-3-9-21/h1-5,8-15,19H,6-7,16-18H2/b13-12+. The fourth-order valence-corrected chi connectivity index (χ4v) is 3.66. The Labute approximate surface area is 165 Å². The summed E-state index contributed by atoms with van der Waals surface area (Å²) in [6, 6.07) is 19.8. The summed E-state index contributed by atoms with van der Waals surface area (Å²) in [6.45, 7) is 2.20. The van der Waals surface area contributed by atoms with E-state index in [1.54, 1.807) is 12.3 Å². The molecule has 0 N–H and O–H groups in total. The lowest BCUT2D eigenvalue weighted by molar-refractivity contribution is -0.127. The van der Waals surface area contributed by atoms with Crippen LogP contribution < -0.4 is 4.74 Å². The molecule has 1 unspecified atom stereocenters. The summed E-state index contributed by atoms with van der Waals surface area (Å²) in [4.78, 5) is 19.0. The van der Waals surface area contributed by atoms with Gasteiger partial charge in [0, 0.05) is 36.7 Å². The van der Waals surface area contributed by atoms with E-state index in [1.807, 2.05) is 71.6 Å². The molecule has 1 aromatic heterocycles. The molecule has 1 aliphatic rings. The zero-order chi connectivity index (χ0) is 19.2. The quantitative estimate of drug-likeness (QED) is 0.616. The Morgan fingerprint density at radius 3 is 2.82 bits per heavy atom. The Balaban J connectivity index is 1.38. The van der Waals surface area contributed by atoms with Crippen molar-refractivity contribution in [2.45, 2.75) is 12.8 Å². The first-order valence-corrected chi connectivity index (χ1v) is 9.78. The smallest absolute Gasteiger partial charge is 0.246 e. The number of pyridine rings is 1. The van der Waals surface area contributed by atoms with Crippen molar-refractivity contribution in [2.24, 2.45) is 5.92 Å². The molecule has 28 heavy (non-hydrogen) atoms. The first kappa shape index (κ1) is 18.2. The molecule has 0 bridgehead atoms. The van der Waals surface area contributed by atoms with Gasteiger partial charge in [0.2, 0.25) is 5.91 Å². The fraction of sp³-hybridized carbons (Fsp3) is 0.250. The number of ether oxygens (including phenoxy) is 1. The molecule has 4 nitrogen and oxygen atoms in total.